The SMILES string of the molecule is CCC[N+](C)(C)C.Cc1ccc(S(=O)(=O)[O-])cc1. The van der Waals surface area contributed by atoms with Gasteiger partial charge in [-0.25, -0.2) is 8.42 Å². The molecule has 0 fully saturated rings. The Bertz CT molecular complexity index is 444. The fourth-order valence-electron chi connectivity index (χ4n) is 1.38. The van der Waals surface area contributed by atoms with E-state index in [1.54, 1.807) is 12.1 Å². The number of nitrogens with zero attached hydrogens (tertiary/aromatic N) is 1. The first-order chi connectivity index (χ1) is 8.06. The lowest BCUT2D eigenvalue weighted by Gasteiger charge is -2.22. The van der Waals surface area contributed by atoms with Gasteiger partial charge < -0.3 is 9.04 Å². The summed E-state index contributed by atoms with van der Waals surface area (Å²) in [5, 5.41) is 0. The Labute approximate surface area is 111 Å². The zero-order valence-corrected chi connectivity index (χ0v) is 12.6. The minimum absolute atomic E-state index is 0.178. The third-order valence-electron chi connectivity index (χ3n) is 2.20. The first kappa shape index (κ1) is 17.1. The quantitative estimate of drug-likeness (QED) is 0.625. The molecule has 1 aromatic carbocycles. The van der Waals surface area contributed by atoms with Crippen LogP contribution in [0.2, 0.25) is 0 Å². The normalized spacial score (nSPS) is 11.7. The van der Waals surface area contributed by atoms with Gasteiger partial charge in [-0.3, -0.25) is 0 Å². The molecule has 0 unspecified atom stereocenters. The van der Waals surface area contributed by atoms with Gasteiger partial charge in [-0.2, -0.15) is 0 Å². The van der Waals surface area contributed by atoms with Crippen LogP contribution < -0.4 is 0 Å². The minimum atomic E-state index is -4.27. The van der Waals surface area contributed by atoms with E-state index in [1.807, 2.05) is 6.92 Å². The second kappa shape index (κ2) is 6.87. The van der Waals surface area contributed by atoms with E-state index in [4.69, 9.17) is 0 Å². The number of hydrogen-bond acceptors (Lipinski definition) is 3. The summed E-state index contributed by atoms with van der Waals surface area (Å²) in [6.45, 7) is 5.31. The summed E-state index contributed by atoms with van der Waals surface area (Å²) in [5.41, 5.74) is 0.928. The average molecular weight is 273 g/mol. The minimum Gasteiger partial charge on any atom is -0.744 e. The molecule has 0 aliphatic rings. The highest BCUT2D eigenvalue weighted by molar-refractivity contribution is 7.85. The summed E-state index contributed by atoms with van der Waals surface area (Å²) < 4.78 is 32.3. The molecule has 0 bridgehead atoms. The van der Waals surface area contributed by atoms with E-state index in [1.165, 1.54) is 25.1 Å². The first-order valence-electron chi connectivity index (χ1n) is 5.89. The van der Waals surface area contributed by atoms with Crippen LogP contribution in [0, 0.1) is 6.92 Å². The fraction of sp³-hybridized carbons (Fsp3) is 0.538. The van der Waals surface area contributed by atoms with Crippen LogP contribution in [-0.4, -0.2) is 45.1 Å². The summed E-state index contributed by atoms with van der Waals surface area (Å²) in [5.74, 6) is 0. The van der Waals surface area contributed by atoms with Crippen LogP contribution in [0.1, 0.15) is 18.9 Å². The number of aryl methyl sites for hydroxylation is 1. The number of rotatable bonds is 3. The van der Waals surface area contributed by atoms with Gasteiger partial charge in [0.1, 0.15) is 10.1 Å². The molecule has 5 heteroatoms. The molecule has 0 atom stereocenters. The van der Waals surface area contributed by atoms with Crippen LogP contribution in [0.4, 0.5) is 0 Å². The summed E-state index contributed by atoms with van der Waals surface area (Å²) in [6.07, 6.45) is 1.28. The highest BCUT2D eigenvalue weighted by Crippen LogP contribution is 2.08. The lowest BCUT2D eigenvalue weighted by molar-refractivity contribution is -0.870. The van der Waals surface area contributed by atoms with Crippen molar-refractivity contribution < 1.29 is 17.5 Å². The fourth-order valence-corrected chi connectivity index (χ4v) is 1.85. The van der Waals surface area contributed by atoms with E-state index in [0.29, 0.717) is 0 Å². The van der Waals surface area contributed by atoms with Crippen molar-refractivity contribution in [3.63, 3.8) is 0 Å². The lowest BCUT2D eigenvalue weighted by atomic mass is 10.2. The van der Waals surface area contributed by atoms with Gasteiger partial charge >= 0.3 is 0 Å². The maximum Gasteiger partial charge on any atom is 0.124 e. The van der Waals surface area contributed by atoms with Gasteiger partial charge in [0, 0.05) is 0 Å². The van der Waals surface area contributed by atoms with Crippen molar-refractivity contribution >= 4 is 10.1 Å². The van der Waals surface area contributed by atoms with Gasteiger partial charge in [0.25, 0.3) is 0 Å². The van der Waals surface area contributed by atoms with Crippen molar-refractivity contribution in [2.75, 3.05) is 27.7 Å². The van der Waals surface area contributed by atoms with Crippen LogP contribution >= 0.6 is 0 Å². The largest absolute Gasteiger partial charge is 0.744 e. The first-order valence-corrected chi connectivity index (χ1v) is 7.30. The van der Waals surface area contributed by atoms with Gasteiger partial charge in [0.15, 0.2) is 0 Å². The number of benzene rings is 1. The van der Waals surface area contributed by atoms with Crippen molar-refractivity contribution in [3.8, 4) is 0 Å². The Balaban J connectivity index is 0.000000360. The molecular weight excluding hydrogens is 250 g/mol. The molecular formula is C13H23NO3S. The van der Waals surface area contributed by atoms with Crippen molar-refractivity contribution in [2.45, 2.75) is 25.2 Å². The predicted molar refractivity (Wildman–Crippen MR) is 72.3 cm³/mol. The van der Waals surface area contributed by atoms with E-state index in [-0.39, 0.29) is 4.90 Å². The van der Waals surface area contributed by atoms with E-state index in [9.17, 15) is 13.0 Å². The smallest absolute Gasteiger partial charge is 0.124 e. The molecule has 0 aliphatic heterocycles. The molecule has 0 radical (unpaired) electrons. The summed E-state index contributed by atoms with van der Waals surface area (Å²) in [7, 11) is 2.37. The summed E-state index contributed by atoms with van der Waals surface area (Å²) in [4.78, 5) is -0.178. The Kier molecular flexibility index (Phi) is 6.52. The second-order valence-electron chi connectivity index (χ2n) is 5.28. The van der Waals surface area contributed by atoms with Crippen LogP contribution in [0.15, 0.2) is 29.2 Å². The van der Waals surface area contributed by atoms with Crippen molar-refractivity contribution in [3.05, 3.63) is 29.8 Å². The van der Waals surface area contributed by atoms with Crippen LogP contribution in [-0.2, 0) is 10.1 Å². The Hall–Kier alpha value is -0.910. The standard InChI is InChI=1S/C7H8O3S.C6H16N/c1-6-2-4-7(5-3-6)11(8,9)10;1-5-6-7(2,3)4/h2-5H,1H3,(H,8,9,10);5-6H2,1-4H3/q;+1/p-1. The van der Waals surface area contributed by atoms with Gasteiger partial charge in [0.2, 0.25) is 0 Å². The molecule has 0 spiro atoms. The summed E-state index contributed by atoms with van der Waals surface area (Å²) in [6, 6.07) is 5.78. The molecule has 18 heavy (non-hydrogen) atoms. The van der Waals surface area contributed by atoms with E-state index in [0.717, 1.165) is 10.0 Å². The molecule has 0 saturated heterocycles. The second-order valence-corrected chi connectivity index (χ2v) is 6.66. The zero-order valence-electron chi connectivity index (χ0n) is 11.8. The molecule has 0 amide bonds. The predicted octanol–water partition coefficient (Wildman–Crippen LogP) is 2.00. The van der Waals surface area contributed by atoms with Gasteiger partial charge in [0.05, 0.1) is 32.6 Å². The highest BCUT2D eigenvalue weighted by atomic mass is 32.2. The average Bonchev–Trinajstić information content (AvgIpc) is 2.15. The molecule has 4 nitrogen and oxygen atoms in total. The third-order valence-corrected chi connectivity index (χ3v) is 3.05. The summed E-state index contributed by atoms with van der Waals surface area (Å²) >= 11 is 0. The Morgan fingerprint density at radius 2 is 1.56 bits per heavy atom. The van der Waals surface area contributed by atoms with Crippen molar-refractivity contribution in [1.29, 1.82) is 0 Å². The van der Waals surface area contributed by atoms with Gasteiger partial charge in [-0.05, 0) is 25.5 Å². The van der Waals surface area contributed by atoms with Crippen molar-refractivity contribution in [2.24, 2.45) is 0 Å². The van der Waals surface area contributed by atoms with E-state index in [2.05, 4.69) is 28.1 Å². The van der Waals surface area contributed by atoms with Gasteiger partial charge in [-0.15, -0.1) is 0 Å². The Morgan fingerprint density at radius 1 is 1.11 bits per heavy atom. The maximum atomic E-state index is 10.4. The highest BCUT2D eigenvalue weighted by Gasteiger charge is 2.01. The lowest BCUT2D eigenvalue weighted by Crippen LogP contribution is -2.34. The van der Waals surface area contributed by atoms with E-state index >= 15 is 0 Å². The van der Waals surface area contributed by atoms with Gasteiger partial charge in [-0.1, -0.05) is 24.6 Å². The van der Waals surface area contributed by atoms with Crippen LogP contribution in [0.5, 0.6) is 0 Å². The monoisotopic (exact) mass is 273 g/mol. The molecule has 0 heterocycles. The molecule has 0 N–H and O–H groups in total. The Morgan fingerprint density at radius 3 is 1.78 bits per heavy atom. The van der Waals surface area contributed by atoms with Crippen LogP contribution in [0.3, 0.4) is 0 Å². The zero-order chi connectivity index (χ0) is 14.4. The molecule has 1 rings (SSSR count). The van der Waals surface area contributed by atoms with E-state index < -0.39 is 10.1 Å². The molecule has 0 aromatic heterocycles. The molecule has 0 saturated carbocycles. The number of quaternary nitrogens is 1. The third kappa shape index (κ3) is 8.22. The maximum absolute atomic E-state index is 10.4. The number of hydrogen-bond donors (Lipinski definition) is 0. The molecule has 0 aliphatic carbocycles. The molecule has 104 valence electrons. The van der Waals surface area contributed by atoms with Crippen molar-refractivity contribution in [1.82, 2.24) is 0 Å². The topological polar surface area (TPSA) is 57.2 Å². The molecule has 1 aromatic rings. The van der Waals surface area contributed by atoms with Crippen LogP contribution in [0.25, 0.3) is 0 Å².